The molecule has 0 aliphatic heterocycles. The molecule has 0 bridgehead atoms. The molecule has 23 heavy (non-hydrogen) atoms. The summed E-state index contributed by atoms with van der Waals surface area (Å²) >= 11 is 0. The maximum absolute atomic E-state index is 6.13. The summed E-state index contributed by atoms with van der Waals surface area (Å²) in [5, 5.41) is 0. The van der Waals surface area contributed by atoms with E-state index in [9.17, 15) is 0 Å². The molecule has 1 aromatic carbocycles. The third-order valence-electron chi connectivity index (χ3n) is 3.92. The molecule has 0 saturated heterocycles. The van der Waals surface area contributed by atoms with Gasteiger partial charge in [0, 0.05) is 11.8 Å². The molecule has 0 amide bonds. The van der Waals surface area contributed by atoms with E-state index in [1.54, 1.807) is 0 Å². The van der Waals surface area contributed by atoms with Gasteiger partial charge in [0.25, 0.3) is 0 Å². The number of pyridine rings is 1. The lowest BCUT2D eigenvalue weighted by atomic mass is 10.1. The molecule has 0 atom stereocenters. The van der Waals surface area contributed by atoms with Crippen LogP contribution < -0.4 is 9.47 Å². The fraction of sp³-hybridized carbons (Fsp3) is 0.450. The molecular weight excluding hydrogens is 286 g/mol. The van der Waals surface area contributed by atoms with Gasteiger partial charge in [-0.25, -0.2) is 4.98 Å². The summed E-state index contributed by atoms with van der Waals surface area (Å²) in [5.41, 5.74) is 4.08. The lowest BCUT2D eigenvalue weighted by molar-refractivity contribution is 0.301. The van der Waals surface area contributed by atoms with Gasteiger partial charge >= 0.3 is 0 Å². The van der Waals surface area contributed by atoms with Crippen LogP contribution in [0.5, 0.6) is 17.4 Å². The number of para-hydroxylation sites is 1. The van der Waals surface area contributed by atoms with Gasteiger partial charge in [-0.15, -0.1) is 0 Å². The van der Waals surface area contributed by atoms with Crippen molar-refractivity contribution < 1.29 is 9.47 Å². The average Bonchev–Trinajstić information content (AvgIpc) is 2.51. The largest absolute Gasteiger partial charge is 0.493 e. The summed E-state index contributed by atoms with van der Waals surface area (Å²) < 4.78 is 12.1. The summed E-state index contributed by atoms with van der Waals surface area (Å²) in [6.45, 7) is 11.0. The van der Waals surface area contributed by atoms with Crippen LogP contribution in [0, 0.1) is 27.7 Å². The van der Waals surface area contributed by atoms with Crippen LogP contribution in [0.15, 0.2) is 24.3 Å². The van der Waals surface area contributed by atoms with Crippen LogP contribution >= 0.6 is 0 Å². The zero-order valence-corrected chi connectivity index (χ0v) is 14.9. The van der Waals surface area contributed by atoms with Crippen LogP contribution in [0.3, 0.4) is 0 Å². The number of aromatic nitrogens is 1. The van der Waals surface area contributed by atoms with E-state index in [-0.39, 0.29) is 0 Å². The van der Waals surface area contributed by atoms with E-state index in [1.165, 1.54) is 12.8 Å². The van der Waals surface area contributed by atoms with Crippen molar-refractivity contribution in [1.29, 1.82) is 0 Å². The van der Waals surface area contributed by atoms with E-state index >= 15 is 0 Å². The van der Waals surface area contributed by atoms with Crippen molar-refractivity contribution in [2.75, 3.05) is 6.61 Å². The minimum absolute atomic E-state index is 0.632. The number of hydrogen-bond acceptors (Lipinski definition) is 3. The van der Waals surface area contributed by atoms with Crippen LogP contribution in [0.1, 0.15) is 48.6 Å². The zero-order chi connectivity index (χ0) is 16.8. The average molecular weight is 313 g/mol. The van der Waals surface area contributed by atoms with Crippen LogP contribution in [-0.2, 0) is 0 Å². The van der Waals surface area contributed by atoms with E-state index in [4.69, 9.17) is 9.47 Å². The second kappa shape index (κ2) is 8.00. The lowest BCUT2D eigenvalue weighted by Gasteiger charge is -2.16. The highest BCUT2D eigenvalue weighted by Gasteiger charge is 2.13. The number of aryl methyl sites for hydroxylation is 3. The maximum atomic E-state index is 6.13. The number of benzene rings is 1. The van der Waals surface area contributed by atoms with Crippen LogP contribution in [-0.4, -0.2) is 11.6 Å². The van der Waals surface area contributed by atoms with Gasteiger partial charge in [0.2, 0.25) is 5.88 Å². The first-order valence-electron chi connectivity index (χ1n) is 8.38. The maximum Gasteiger partial charge on any atom is 0.226 e. The molecule has 0 spiro atoms. The Morgan fingerprint density at radius 2 is 1.70 bits per heavy atom. The third-order valence-corrected chi connectivity index (χ3v) is 3.92. The molecule has 3 heteroatoms. The van der Waals surface area contributed by atoms with Gasteiger partial charge in [0.05, 0.1) is 12.2 Å². The molecule has 0 saturated carbocycles. The van der Waals surface area contributed by atoms with Crippen LogP contribution in [0.4, 0.5) is 0 Å². The molecule has 3 nitrogen and oxygen atoms in total. The number of ether oxygens (including phenoxy) is 2. The second-order valence-electron chi connectivity index (χ2n) is 6.07. The number of unbranched alkanes of at least 4 members (excludes halogenated alkanes) is 2. The van der Waals surface area contributed by atoms with Crippen molar-refractivity contribution in [3.05, 3.63) is 46.6 Å². The van der Waals surface area contributed by atoms with E-state index in [2.05, 4.69) is 37.9 Å². The van der Waals surface area contributed by atoms with Crippen molar-refractivity contribution in [2.24, 2.45) is 0 Å². The molecule has 0 N–H and O–H groups in total. The Hall–Kier alpha value is -2.03. The van der Waals surface area contributed by atoms with Crippen LogP contribution in [0.2, 0.25) is 0 Å². The molecule has 1 aromatic heterocycles. The van der Waals surface area contributed by atoms with E-state index < -0.39 is 0 Å². The summed E-state index contributed by atoms with van der Waals surface area (Å²) in [7, 11) is 0. The molecule has 2 rings (SSSR count). The second-order valence-corrected chi connectivity index (χ2v) is 6.07. The van der Waals surface area contributed by atoms with Crippen molar-refractivity contribution in [3.8, 4) is 17.4 Å². The molecule has 0 unspecified atom stereocenters. The monoisotopic (exact) mass is 313 g/mol. The molecule has 124 valence electrons. The molecule has 0 aliphatic rings. The first-order chi connectivity index (χ1) is 11.0. The van der Waals surface area contributed by atoms with Gasteiger partial charge in [-0.2, -0.15) is 0 Å². The first kappa shape index (κ1) is 17.3. The Bertz CT molecular complexity index is 645. The van der Waals surface area contributed by atoms with E-state index in [1.807, 2.05) is 26.0 Å². The fourth-order valence-electron chi connectivity index (χ4n) is 2.52. The van der Waals surface area contributed by atoms with Gasteiger partial charge in [0.15, 0.2) is 0 Å². The van der Waals surface area contributed by atoms with Crippen LogP contribution in [0.25, 0.3) is 0 Å². The van der Waals surface area contributed by atoms with Crippen molar-refractivity contribution in [1.82, 2.24) is 4.98 Å². The smallest absolute Gasteiger partial charge is 0.226 e. The Labute approximate surface area is 139 Å². The molecular formula is C20H27NO2. The topological polar surface area (TPSA) is 31.4 Å². The van der Waals surface area contributed by atoms with Gasteiger partial charge in [-0.05, 0) is 45.2 Å². The standard InChI is InChI=1S/C20H27NO2/c1-6-7-8-12-22-18-13-16(4)21-20(17(18)5)23-19-14(2)10-9-11-15(19)3/h9-11,13H,6-8,12H2,1-5H3. The van der Waals surface area contributed by atoms with E-state index in [0.717, 1.165) is 46.9 Å². The van der Waals surface area contributed by atoms with Crippen molar-refractivity contribution in [3.63, 3.8) is 0 Å². The Kier molecular flexibility index (Phi) is 6.03. The minimum Gasteiger partial charge on any atom is -0.493 e. The molecule has 1 heterocycles. The molecule has 0 radical (unpaired) electrons. The van der Waals surface area contributed by atoms with Crippen molar-refractivity contribution >= 4 is 0 Å². The SMILES string of the molecule is CCCCCOc1cc(C)nc(Oc2c(C)cccc2C)c1C. The highest BCUT2D eigenvalue weighted by Crippen LogP contribution is 2.33. The van der Waals surface area contributed by atoms with Gasteiger partial charge in [0.1, 0.15) is 11.5 Å². The minimum atomic E-state index is 0.632. The summed E-state index contributed by atoms with van der Waals surface area (Å²) in [5.74, 6) is 2.38. The number of hydrogen-bond donors (Lipinski definition) is 0. The Morgan fingerprint density at radius 3 is 2.35 bits per heavy atom. The third kappa shape index (κ3) is 4.47. The first-order valence-corrected chi connectivity index (χ1v) is 8.38. The number of rotatable bonds is 7. The van der Waals surface area contributed by atoms with E-state index in [0.29, 0.717) is 5.88 Å². The molecule has 2 aromatic rings. The lowest BCUT2D eigenvalue weighted by Crippen LogP contribution is -2.03. The zero-order valence-electron chi connectivity index (χ0n) is 14.9. The van der Waals surface area contributed by atoms with Gasteiger partial charge < -0.3 is 9.47 Å². The van der Waals surface area contributed by atoms with Crippen molar-refractivity contribution in [2.45, 2.75) is 53.9 Å². The summed E-state index contributed by atoms with van der Waals surface area (Å²) in [6, 6.07) is 8.13. The predicted octanol–water partition coefficient (Wildman–Crippen LogP) is 5.68. The van der Waals surface area contributed by atoms with Gasteiger partial charge in [-0.1, -0.05) is 38.0 Å². The molecule has 0 fully saturated rings. The highest BCUT2D eigenvalue weighted by atomic mass is 16.5. The fourth-order valence-corrected chi connectivity index (χ4v) is 2.52. The quantitative estimate of drug-likeness (QED) is 0.616. The summed E-state index contributed by atoms with van der Waals surface area (Å²) in [6.07, 6.45) is 3.46. The van der Waals surface area contributed by atoms with Gasteiger partial charge in [-0.3, -0.25) is 0 Å². The Morgan fingerprint density at radius 1 is 1.00 bits per heavy atom. The highest BCUT2D eigenvalue weighted by molar-refractivity contribution is 5.46. The number of nitrogens with zero attached hydrogens (tertiary/aromatic N) is 1. The Balaban J connectivity index is 2.23. The predicted molar refractivity (Wildman–Crippen MR) is 94.7 cm³/mol. The normalized spacial score (nSPS) is 10.7. The summed E-state index contributed by atoms with van der Waals surface area (Å²) in [4.78, 5) is 4.55. The molecule has 0 aliphatic carbocycles.